The second-order valence-electron chi connectivity index (χ2n) is 4.28. The molecule has 2 rings (SSSR count). The highest BCUT2D eigenvalue weighted by Crippen LogP contribution is 2.27. The summed E-state index contributed by atoms with van der Waals surface area (Å²) in [5, 5.41) is 11.8. The molecule has 18 heavy (non-hydrogen) atoms. The van der Waals surface area contributed by atoms with Gasteiger partial charge in [0.05, 0.1) is 19.6 Å². The Morgan fingerprint density at radius 1 is 1.50 bits per heavy atom. The Hall–Kier alpha value is -2.04. The number of rotatable bonds is 3. The average molecular weight is 249 g/mol. The number of hydrogen-bond acceptors (Lipinski definition) is 4. The standard InChI is InChI=1S/C13H15NO4/c1-18-9-4-2-8-3-5-12(15)11(7-13(16)17)14-10(8)6-9/h2,4,6,11,14H,3,5,7H2,1H3,(H,16,17). The SMILES string of the molecule is COc1ccc2c(c1)NC(CC(=O)O)C(=O)CC2. The number of hydrogen-bond donors (Lipinski definition) is 2. The van der Waals surface area contributed by atoms with E-state index in [-0.39, 0.29) is 12.2 Å². The minimum atomic E-state index is -0.979. The van der Waals surface area contributed by atoms with Gasteiger partial charge in [0, 0.05) is 18.2 Å². The molecule has 0 radical (unpaired) electrons. The van der Waals surface area contributed by atoms with E-state index in [9.17, 15) is 9.59 Å². The lowest BCUT2D eigenvalue weighted by molar-refractivity contribution is -0.138. The Balaban J connectivity index is 2.28. The van der Waals surface area contributed by atoms with Gasteiger partial charge in [-0.2, -0.15) is 0 Å². The van der Waals surface area contributed by atoms with E-state index in [1.807, 2.05) is 12.1 Å². The number of ether oxygens (including phenoxy) is 1. The molecule has 1 heterocycles. The number of nitrogens with one attached hydrogen (secondary N) is 1. The van der Waals surface area contributed by atoms with Crippen molar-refractivity contribution in [2.45, 2.75) is 25.3 Å². The summed E-state index contributed by atoms with van der Waals surface area (Å²) in [5.74, 6) is -0.357. The van der Waals surface area contributed by atoms with Gasteiger partial charge in [-0.25, -0.2) is 0 Å². The normalized spacial score (nSPS) is 18.5. The average Bonchev–Trinajstić information content (AvgIpc) is 2.48. The molecule has 0 fully saturated rings. The van der Waals surface area contributed by atoms with Crippen LogP contribution in [-0.2, 0) is 16.0 Å². The van der Waals surface area contributed by atoms with Crippen molar-refractivity contribution in [2.24, 2.45) is 0 Å². The minimum Gasteiger partial charge on any atom is -0.497 e. The zero-order chi connectivity index (χ0) is 13.1. The van der Waals surface area contributed by atoms with Gasteiger partial charge in [0.25, 0.3) is 0 Å². The van der Waals surface area contributed by atoms with E-state index in [4.69, 9.17) is 9.84 Å². The predicted molar refractivity (Wildman–Crippen MR) is 66.0 cm³/mol. The number of carbonyl (C=O) groups excluding carboxylic acids is 1. The fourth-order valence-corrected chi connectivity index (χ4v) is 2.07. The summed E-state index contributed by atoms with van der Waals surface area (Å²) >= 11 is 0. The third-order valence-corrected chi connectivity index (χ3v) is 3.05. The first-order chi connectivity index (χ1) is 8.60. The fraction of sp³-hybridized carbons (Fsp3) is 0.385. The Bertz CT molecular complexity index is 484. The molecule has 0 spiro atoms. The molecule has 0 amide bonds. The topological polar surface area (TPSA) is 75.6 Å². The van der Waals surface area contributed by atoms with E-state index < -0.39 is 12.0 Å². The first-order valence-corrected chi connectivity index (χ1v) is 5.78. The number of carboxylic acid groups (broad SMARTS) is 1. The van der Waals surface area contributed by atoms with Gasteiger partial charge < -0.3 is 15.2 Å². The molecule has 0 bridgehead atoms. The summed E-state index contributed by atoms with van der Waals surface area (Å²) in [6, 6.07) is 4.87. The van der Waals surface area contributed by atoms with Gasteiger partial charge in [0.15, 0.2) is 5.78 Å². The zero-order valence-corrected chi connectivity index (χ0v) is 10.1. The predicted octanol–water partition coefficient (Wildman–Crippen LogP) is 1.47. The molecule has 2 N–H and O–H groups in total. The van der Waals surface area contributed by atoms with E-state index in [1.54, 1.807) is 13.2 Å². The maximum absolute atomic E-state index is 11.8. The van der Waals surface area contributed by atoms with Crippen molar-refractivity contribution in [1.29, 1.82) is 0 Å². The Morgan fingerprint density at radius 2 is 2.28 bits per heavy atom. The maximum Gasteiger partial charge on any atom is 0.305 e. The first-order valence-electron chi connectivity index (χ1n) is 5.78. The van der Waals surface area contributed by atoms with Crippen LogP contribution < -0.4 is 10.1 Å². The molecular formula is C13H15NO4. The molecular weight excluding hydrogens is 234 g/mol. The number of aliphatic carboxylic acids is 1. The molecule has 96 valence electrons. The Labute approximate surface area is 105 Å². The van der Waals surface area contributed by atoms with Crippen LogP contribution in [0.3, 0.4) is 0 Å². The minimum absolute atomic E-state index is 0.0624. The van der Waals surface area contributed by atoms with Crippen molar-refractivity contribution in [3.63, 3.8) is 0 Å². The van der Waals surface area contributed by atoms with E-state index in [2.05, 4.69) is 5.32 Å². The highest BCUT2D eigenvalue weighted by atomic mass is 16.5. The highest BCUT2D eigenvalue weighted by molar-refractivity contribution is 5.91. The van der Waals surface area contributed by atoms with Crippen LogP contribution in [0.4, 0.5) is 5.69 Å². The second-order valence-corrected chi connectivity index (χ2v) is 4.28. The van der Waals surface area contributed by atoms with Crippen LogP contribution in [0, 0.1) is 0 Å². The van der Waals surface area contributed by atoms with E-state index in [1.165, 1.54) is 0 Å². The number of aryl methyl sites for hydroxylation is 1. The van der Waals surface area contributed by atoms with Gasteiger partial charge in [-0.1, -0.05) is 6.07 Å². The van der Waals surface area contributed by atoms with Gasteiger partial charge in [-0.3, -0.25) is 9.59 Å². The summed E-state index contributed by atoms with van der Waals surface area (Å²) in [6.45, 7) is 0. The zero-order valence-electron chi connectivity index (χ0n) is 10.1. The quantitative estimate of drug-likeness (QED) is 0.848. The maximum atomic E-state index is 11.8. The third-order valence-electron chi connectivity index (χ3n) is 3.05. The molecule has 0 aliphatic carbocycles. The van der Waals surface area contributed by atoms with Crippen molar-refractivity contribution < 1.29 is 19.4 Å². The number of methoxy groups -OCH3 is 1. The molecule has 0 saturated heterocycles. The van der Waals surface area contributed by atoms with Crippen LogP contribution >= 0.6 is 0 Å². The first kappa shape index (κ1) is 12.4. The van der Waals surface area contributed by atoms with Crippen LogP contribution in [0.2, 0.25) is 0 Å². The Morgan fingerprint density at radius 3 is 2.94 bits per heavy atom. The van der Waals surface area contributed by atoms with Crippen molar-refractivity contribution in [3.05, 3.63) is 23.8 Å². The molecule has 1 aromatic rings. The largest absolute Gasteiger partial charge is 0.497 e. The van der Waals surface area contributed by atoms with Crippen LogP contribution in [0.25, 0.3) is 0 Å². The van der Waals surface area contributed by atoms with Crippen LogP contribution in [0.5, 0.6) is 5.75 Å². The lowest BCUT2D eigenvalue weighted by atomic mass is 10.0. The summed E-state index contributed by atoms with van der Waals surface area (Å²) in [7, 11) is 1.57. The molecule has 1 atom stereocenters. The number of ketones is 1. The van der Waals surface area contributed by atoms with E-state index >= 15 is 0 Å². The molecule has 1 aliphatic heterocycles. The summed E-state index contributed by atoms with van der Waals surface area (Å²) < 4.78 is 5.12. The monoisotopic (exact) mass is 249 g/mol. The van der Waals surface area contributed by atoms with Crippen molar-refractivity contribution >= 4 is 17.4 Å². The van der Waals surface area contributed by atoms with E-state index in [0.29, 0.717) is 18.6 Å². The number of benzene rings is 1. The van der Waals surface area contributed by atoms with E-state index in [0.717, 1.165) is 11.3 Å². The summed E-state index contributed by atoms with van der Waals surface area (Å²) in [6.07, 6.45) is 0.793. The summed E-state index contributed by atoms with van der Waals surface area (Å²) in [4.78, 5) is 22.6. The van der Waals surface area contributed by atoms with Gasteiger partial charge in [-0.15, -0.1) is 0 Å². The van der Waals surface area contributed by atoms with Gasteiger partial charge in [-0.05, 0) is 18.1 Å². The van der Waals surface area contributed by atoms with Crippen LogP contribution in [-0.4, -0.2) is 30.0 Å². The molecule has 5 heteroatoms. The molecule has 0 saturated carbocycles. The number of fused-ring (bicyclic) bond motifs is 1. The fourth-order valence-electron chi connectivity index (χ4n) is 2.07. The lowest BCUT2D eigenvalue weighted by Crippen LogP contribution is -2.30. The van der Waals surface area contributed by atoms with Crippen LogP contribution in [0.15, 0.2) is 18.2 Å². The smallest absolute Gasteiger partial charge is 0.305 e. The third kappa shape index (κ3) is 2.61. The van der Waals surface area contributed by atoms with Gasteiger partial charge in [0.1, 0.15) is 5.75 Å². The van der Waals surface area contributed by atoms with Crippen molar-refractivity contribution in [3.8, 4) is 5.75 Å². The molecule has 1 unspecified atom stereocenters. The highest BCUT2D eigenvalue weighted by Gasteiger charge is 2.25. The lowest BCUT2D eigenvalue weighted by Gasteiger charge is -2.15. The number of anilines is 1. The van der Waals surface area contributed by atoms with Crippen molar-refractivity contribution in [2.75, 3.05) is 12.4 Å². The number of Topliss-reactive ketones (excluding diaryl/α,β-unsaturated/α-hetero) is 1. The molecule has 1 aromatic carbocycles. The molecule has 1 aliphatic rings. The molecule has 0 aromatic heterocycles. The van der Waals surface area contributed by atoms with Gasteiger partial charge in [0.2, 0.25) is 0 Å². The number of carbonyl (C=O) groups is 2. The van der Waals surface area contributed by atoms with Crippen molar-refractivity contribution in [1.82, 2.24) is 0 Å². The second kappa shape index (κ2) is 5.08. The van der Waals surface area contributed by atoms with Crippen LogP contribution in [0.1, 0.15) is 18.4 Å². The van der Waals surface area contributed by atoms with Gasteiger partial charge >= 0.3 is 5.97 Å². The molecule has 5 nitrogen and oxygen atoms in total. The number of carboxylic acids is 1. The summed E-state index contributed by atoms with van der Waals surface area (Å²) in [5.41, 5.74) is 1.79. The Kier molecular flexibility index (Phi) is 3.50.